The van der Waals surface area contributed by atoms with Crippen LogP contribution < -0.4 is 5.32 Å². The molecule has 0 bridgehead atoms. The van der Waals surface area contributed by atoms with Crippen molar-refractivity contribution in [1.82, 2.24) is 10.2 Å². The molecule has 1 rings (SSSR count). The van der Waals surface area contributed by atoms with Crippen LogP contribution in [0.5, 0.6) is 0 Å². The fraction of sp³-hybridized carbons (Fsp3) is 0.933. The van der Waals surface area contributed by atoms with E-state index in [2.05, 4.69) is 30.3 Å². The molecule has 0 aliphatic heterocycles. The maximum absolute atomic E-state index is 9.28. The minimum Gasteiger partial charge on any atom is -0.306 e. The molecule has 1 atom stereocenters. The molecule has 1 unspecified atom stereocenters. The standard InChI is InChI=1S/C15H29N3/c1-4-10-17-15(2,13-16)9-11-18(3)12-14-7-5-6-8-14/h14,17H,4-12H2,1-3H3. The van der Waals surface area contributed by atoms with Gasteiger partial charge < -0.3 is 4.90 Å². The van der Waals surface area contributed by atoms with E-state index in [1.165, 1.54) is 32.2 Å². The summed E-state index contributed by atoms with van der Waals surface area (Å²) in [7, 11) is 2.19. The van der Waals surface area contributed by atoms with Crippen LogP contribution in [-0.2, 0) is 0 Å². The summed E-state index contributed by atoms with van der Waals surface area (Å²) in [5.74, 6) is 0.895. The summed E-state index contributed by atoms with van der Waals surface area (Å²) in [6, 6.07) is 2.42. The van der Waals surface area contributed by atoms with Crippen molar-refractivity contribution in [3.05, 3.63) is 0 Å². The zero-order valence-electron chi connectivity index (χ0n) is 12.3. The minimum atomic E-state index is -0.361. The molecule has 3 nitrogen and oxygen atoms in total. The van der Waals surface area contributed by atoms with Crippen LogP contribution in [0, 0.1) is 17.2 Å². The van der Waals surface area contributed by atoms with Gasteiger partial charge in [-0.3, -0.25) is 5.32 Å². The summed E-state index contributed by atoms with van der Waals surface area (Å²) < 4.78 is 0. The van der Waals surface area contributed by atoms with Gasteiger partial charge in [0, 0.05) is 13.1 Å². The smallest absolute Gasteiger partial charge is 0.105 e. The van der Waals surface area contributed by atoms with Crippen molar-refractivity contribution < 1.29 is 0 Å². The molecule has 0 radical (unpaired) electrons. The molecule has 0 saturated heterocycles. The first-order valence-electron chi connectivity index (χ1n) is 7.44. The van der Waals surface area contributed by atoms with Gasteiger partial charge >= 0.3 is 0 Å². The van der Waals surface area contributed by atoms with Crippen molar-refractivity contribution in [2.24, 2.45) is 5.92 Å². The first kappa shape index (κ1) is 15.5. The largest absolute Gasteiger partial charge is 0.306 e. The Morgan fingerprint density at radius 1 is 1.39 bits per heavy atom. The molecule has 104 valence electrons. The molecule has 1 fully saturated rings. The Morgan fingerprint density at radius 3 is 2.61 bits per heavy atom. The number of hydrogen-bond donors (Lipinski definition) is 1. The predicted molar refractivity (Wildman–Crippen MR) is 76.4 cm³/mol. The Kier molecular flexibility index (Phi) is 6.67. The second-order valence-corrected chi connectivity index (χ2v) is 6.03. The molecule has 18 heavy (non-hydrogen) atoms. The molecule has 1 aliphatic carbocycles. The Labute approximate surface area is 113 Å². The second kappa shape index (κ2) is 7.76. The molecule has 1 aliphatic rings. The molecular formula is C15H29N3. The van der Waals surface area contributed by atoms with Crippen LogP contribution in [0.4, 0.5) is 0 Å². The highest BCUT2D eigenvalue weighted by atomic mass is 15.1. The van der Waals surface area contributed by atoms with Crippen molar-refractivity contribution >= 4 is 0 Å². The van der Waals surface area contributed by atoms with Gasteiger partial charge in [-0.2, -0.15) is 5.26 Å². The average Bonchev–Trinajstić information content (AvgIpc) is 2.87. The van der Waals surface area contributed by atoms with Crippen molar-refractivity contribution in [2.45, 2.75) is 57.9 Å². The van der Waals surface area contributed by atoms with Crippen LogP contribution in [0.15, 0.2) is 0 Å². The normalized spacial score (nSPS) is 19.9. The van der Waals surface area contributed by atoms with Crippen molar-refractivity contribution in [1.29, 1.82) is 5.26 Å². The van der Waals surface area contributed by atoms with Gasteiger partial charge in [-0.15, -0.1) is 0 Å². The van der Waals surface area contributed by atoms with Crippen LogP contribution in [-0.4, -0.2) is 37.1 Å². The van der Waals surface area contributed by atoms with E-state index in [1.807, 2.05) is 6.92 Å². The van der Waals surface area contributed by atoms with Crippen molar-refractivity contribution in [3.63, 3.8) is 0 Å². The van der Waals surface area contributed by atoms with Crippen molar-refractivity contribution in [3.8, 4) is 6.07 Å². The Hall–Kier alpha value is -0.590. The lowest BCUT2D eigenvalue weighted by molar-refractivity contribution is 0.251. The zero-order chi connectivity index (χ0) is 13.4. The molecule has 0 heterocycles. The lowest BCUT2D eigenvalue weighted by Gasteiger charge is -2.27. The average molecular weight is 251 g/mol. The minimum absolute atomic E-state index is 0.361. The number of nitriles is 1. The van der Waals surface area contributed by atoms with Crippen LogP contribution in [0.1, 0.15) is 52.4 Å². The number of hydrogen-bond acceptors (Lipinski definition) is 3. The molecular weight excluding hydrogens is 222 g/mol. The third-order valence-electron chi connectivity index (χ3n) is 4.05. The monoisotopic (exact) mass is 251 g/mol. The van der Waals surface area contributed by atoms with Crippen LogP contribution >= 0.6 is 0 Å². The lowest BCUT2D eigenvalue weighted by Crippen LogP contribution is -2.44. The van der Waals surface area contributed by atoms with E-state index in [9.17, 15) is 5.26 Å². The number of rotatable bonds is 8. The van der Waals surface area contributed by atoms with Gasteiger partial charge in [0.1, 0.15) is 5.54 Å². The Balaban J connectivity index is 2.26. The van der Waals surface area contributed by atoms with Crippen LogP contribution in [0.3, 0.4) is 0 Å². The summed E-state index contributed by atoms with van der Waals surface area (Å²) in [5, 5.41) is 12.6. The van der Waals surface area contributed by atoms with E-state index in [0.29, 0.717) is 0 Å². The van der Waals surface area contributed by atoms with E-state index in [1.54, 1.807) is 0 Å². The Bertz CT molecular complexity index is 265. The van der Waals surface area contributed by atoms with Crippen molar-refractivity contribution in [2.75, 3.05) is 26.7 Å². The summed E-state index contributed by atoms with van der Waals surface area (Å²) in [4.78, 5) is 2.40. The van der Waals surface area contributed by atoms with Gasteiger partial charge in [0.2, 0.25) is 0 Å². The number of nitrogens with one attached hydrogen (secondary N) is 1. The fourth-order valence-electron chi connectivity index (χ4n) is 2.72. The van der Waals surface area contributed by atoms with E-state index in [4.69, 9.17) is 0 Å². The first-order valence-corrected chi connectivity index (χ1v) is 7.44. The molecule has 1 saturated carbocycles. The molecule has 0 aromatic carbocycles. The van der Waals surface area contributed by atoms with Gasteiger partial charge in [0.25, 0.3) is 0 Å². The number of nitrogens with zero attached hydrogens (tertiary/aromatic N) is 2. The molecule has 0 spiro atoms. The van der Waals surface area contributed by atoms with E-state index in [-0.39, 0.29) is 5.54 Å². The third-order valence-corrected chi connectivity index (χ3v) is 4.05. The SMILES string of the molecule is CCCNC(C)(C#N)CCN(C)CC1CCCC1. The first-order chi connectivity index (χ1) is 8.59. The molecule has 0 aromatic heterocycles. The van der Waals surface area contributed by atoms with E-state index < -0.39 is 0 Å². The highest BCUT2D eigenvalue weighted by Gasteiger charge is 2.24. The second-order valence-electron chi connectivity index (χ2n) is 6.03. The van der Waals surface area contributed by atoms with Gasteiger partial charge in [0.05, 0.1) is 6.07 Å². The summed E-state index contributed by atoms with van der Waals surface area (Å²) in [6.45, 7) is 7.30. The van der Waals surface area contributed by atoms with E-state index in [0.717, 1.165) is 31.8 Å². The maximum Gasteiger partial charge on any atom is 0.105 e. The van der Waals surface area contributed by atoms with Crippen LogP contribution in [0.2, 0.25) is 0 Å². The quantitative estimate of drug-likeness (QED) is 0.721. The maximum atomic E-state index is 9.28. The molecule has 0 amide bonds. The van der Waals surface area contributed by atoms with Gasteiger partial charge in [0.15, 0.2) is 0 Å². The summed E-state index contributed by atoms with van der Waals surface area (Å²) >= 11 is 0. The van der Waals surface area contributed by atoms with E-state index >= 15 is 0 Å². The topological polar surface area (TPSA) is 39.1 Å². The van der Waals surface area contributed by atoms with Gasteiger partial charge in [-0.25, -0.2) is 0 Å². The summed E-state index contributed by atoms with van der Waals surface area (Å²) in [6.07, 6.45) is 7.60. The van der Waals surface area contributed by atoms with Gasteiger partial charge in [-0.1, -0.05) is 19.8 Å². The summed E-state index contributed by atoms with van der Waals surface area (Å²) in [5.41, 5.74) is -0.361. The highest BCUT2D eigenvalue weighted by Crippen LogP contribution is 2.25. The van der Waals surface area contributed by atoms with Gasteiger partial charge in [-0.05, 0) is 52.1 Å². The molecule has 1 N–H and O–H groups in total. The molecule has 0 aromatic rings. The lowest BCUT2D eigenvalue weighted by atomic mass is 9.99. The third kappa shape index (κ3) is 5.37. The zero-order valence-corrected chi connectivity index (χ0v) is 12.3. The predicted octanol–water partition coefficient (Wildman–Crippen LogP) is 2.78. The molecule has 3 heteroatoms. The van der Waals surface area contributed by atoms with Crippen LogP contribution in [0.25, 0.3) is 0 Å². The fourth-order valence-corrected chi connectivity index (χ4v) is 2.72. The Morgan fingerprint density at radius 2 is 2.06 bits per heavy atom. The highest BCUT2D eigenvalue weighted by molar-refractivity contribution is 5.03.